The molecule has 11 heavy (non-hydrogen) atoms. The smallest absolute Gasteiger partial charge is 0.0403 e. The van der Waals surface area contributed by atoms with E-state index in [0.29, 0.717) is 0 Å². The van der Waals surface area contributed by atoms with Gasteiger partial charge in [-0.15, -0.1) is 0 Å². The first-order chi connectivity index (χ1) is 5.40. The molecule has 1 saturated carbocycles. The summed E-state index contributed by atoms with van der Waals surface area (Å²) in [6, 6.07) is 4.40. The van der Waals surface area contributed by atoms with Crippen LogP contribution in [0.1, 0.15) is 36.9 Å². The molecule has 0 spiro atoms. The van der Waals surface area contributed by atoms with E-state index in [0.717, 1.165) is 12.3 Å². The number of nitrogens with zero attached hydrogens (tertiary/aromatic N) is 1. The molecule has 0 saturated heterocycles. The summed E-state index contributed by atoms with van der Waals surface area (Å²) >= 11 is 0. The van der Waals surface area contributed by atoms with Gasteiger partial charge in [0.15, 0.2) is 0 Å². The molecule has 0 aliphatic heterocycles. The lowest BCUT2D eigenvalue weighted by atomic mass is 10.1. The predicted molar refractivity (Wildman–Crippen MR) is 45.6 cm³/mol. The largest absolute Gasteiger partial charge is 0.261 e. The number of rotatable bonds is 2. The molecule has 2 rings (SSSR count). The van der Waals surface area contributed by atoms with E-state index in [4.69, 9.17) is 0 Å². The van der Waals surface area contributed by atoms with Gasteiger partial charge < -0.3 is 0 Å². The summed E-state index contributed by atoms with van der Waals surface area (Å²) in [5, 5.41) is 0. The molecule has 1 nitrogen and oxygen atoms in total. The maximum absolute atomic E-state index is 4.27. The van der Waals surface area contributed by atoms with Gasteiger partial charge in [0.1, 0.15) is 0 Å². The first-order valence-electron chi connectivity index (χ1n) is 4.35. The SMILES string of the molecule is CCc1cc(C2CC2)ccn1. The van der Waals surface area contributed by atoms with Crippen molar-refractivity contribution in [3.05, 3.63) is 29.6 Å². The third-order valence-electron chi connectivity index (χ3n) is 2.25. The fourth-order valence-corrected chi connectivity index (χ4v) is 1.36. The van der Waals surface area contributed by atoms with Gasteiger partial charge in [-0.2, -0.15) is 0 Å². The van der Waals surface area contributed by atoms with Crippen molar-refractivity contribution in [2.45, 2.75) is 32.1 Å². The van der Waals surface area contributed by atoms with Crippen LogP contribution < -0.4 is 0 Å². The normalized spacial score (nSPS) is 16.8. The van der Waals surface area contributed by atoms with Crippen molar-refractivity contribution < 1.29 is 0 Å². The summed E-state index contributed by atoms with van der Waals surface area (Å²) < 4.78 is 0. The Bertz CT molecular complexity index is 251. The summed E-state index contributed by atoms with van der Waals surface area (Å²) in [6.07, 6.45) is 5.76. The topological polar surface area (TPSA) is 12.9 Å². The number of hydrogen-bond acceptors (Lipinski definition) is 1. The second-order valence-corrected chi connectivity index (χ2v) is 3.21. The van der Waals surface area contributed by atoms with Gasteiger partial charge in [0.25, 0.3) is 0 Å². The summed E-state index contributed by atoms with van der Waals surface area (Å²) in [7, 11) is 0. The van der Waals surface area contributed by atoms with Crippen molar-refractivity contribution in [1.29, 1.82) is 0 Å². The van der Waals surface area contributed by atoms with Gasteiger partial charge in [-0.05, 0) is 42.9 Å². The minimum absolute atomic E-state index is 0.864. The van der Waals surface area contributed by atoms with E-state index < -0.39 is 0 Å². The van der Waals surface area contributed by atoms with Crippen LogP contribution in [0.5, 0.6) is 0 Å². The van der Waals surface area contributed by atoms with Crippen LogP contribution in [0.15, 0.2) is 18.3 Å². The van der Waals surface area contributed by atoms with Crippen LogP contribution in [0.3, 0.4) is 0 Å². The monoisotopic (exact) mass is 147 g/mol. The predicted octanol–water partition coefficient (Wildman–Crippen LogP) is 2.52. The second-order valence-electron chi connectivity index (χ2n) is 3.21. The summed E-state index contributed by atoms with van der Waals surface area (Å²) in [5.41, 5.74) is 2.73. The number of aryl methyl sites for hydroxylation is 1. The van der Waals surface area contributed by atoms with Crippen LogP contribution in [-0.2, 0) is 6.42 Å². The van der Waals surface area contributed by atoms with Gasteiger partial charge in [0, 0.05) is 11.9 Å². The molecule has 1 aliphatic rings. The zero-order valence-corrected chi connectivity index (χ0v) is 6.88. The average molecular weight is 147 g/mol. The minimum atomic E-state index is 0.864. The van der Waals surface area contributed by atoms with Crippen LogP contribution in [0.2, 0.25) is 0 Å². The third-order valence-corrected chi connectivity index (χ3v) is 2.25. The molecule has 1 fully saturated rings. The highest BCUT2D eigenvalue weighted by Gasteiger charge is 2.23. The van der Waals surface area contributed by atoms with Gasteiger partial charge in [-0.25, -0.2) is 0 Å². The summed E-state index contributed by atoms with van der Waals surface area (Å²) in [5.74, 6) is 0.864. The van der Waals surface area contributed by atoms with Gasteiger partial charge in [-0.1, -0.05) is 6.92 Å². The fourth-order valence-electron chi connectivity index (χ4n) is 1.36. The Morgan fingerprint density at radius 3 is 3.00 bits per heavy atom. The van der Waals surface area contributed by atoms with Crippen molar-refractivity contribution in [3.8, 4) is 0 Å². The highest BCUT2D eigenvalue weighted by atomic mass is 14.7. The molecule has 0 unspecified atom stereocenters. The molecule has 1 aromatic rings. The number of pyridine rings is 1. The Balaban J connectivity index is 2.26. The molecule has 0 aromatic carbocycles. The molecule has 0 atom stereocenters. The molecular formula is C10H13N. The average Bonchev–Trinajstić information content (AvgIpc) is 2.87. The van der Waals surface area contributed by atoms with Crippen LogP contribution in [0.4, 0.5) is 0 Å². The zero-order chi connectivity index (χ0) is 7.68. The quantitative estimate of drug-likeness (QED) is 0.626. The third kappa shape index (κ3) is 1.42. The highest BCUT2D eigenvalue weighted by molar-refractivity contribution is 5.24. The lowest BCUT2D eigenvalue weighted by Gasteiger charge is -1.99. The Labute approximate surface area is 67.5 Å². The molecule has 0 bridgehead atoms. The van der Waals surface area contributed by atoms with Crippen molar-refractivity contribution in [2.24, 2.45) is 0 Å². The van der Waals surface area contributed by atoms with E-state index in [-0.39, 0.29) is 0 Å². The minimum Gasteiger partial charge on any atom is -0.261 e. The Hall–Kier alpha value is -0.850. The van der Waals surface area contributed by atoms with Crippen molar-refractivity contribution in [2.75, 3.05) is 0 Å². The van der Waals surface area contributed by atoms with Gasteiger partial charge in [0.2, 0.25) is 0 Å². The van der Waals surface area contributed by atoms with E-state index in [9.17, 15) is 0 Å². The lowest BCUT2D eigenvalue weighted by Crippen LogP contribution is -1.88. The summed E-state index contributed by atoms with van der Waals surface area (Å²) in [4.78, 5) is 4.27. The van der Waals surface area contributed by atoms with E-state index >= 15 is 0 Å². The van der Waals surface area contributed by atoms with Gasteiger partial charge in [0.05, 0.1) is 0 Å². The number of aromatic nitrogens is 1. The fraction of sp³-hybridized carbons (Fsp3) is 0.500. The molecule has 58 valence electrons. The standard InChI is InChI=1S/C10H13N/c1-2-10-7-9(5-6-11-10)8-3-4-8/h5-8H,2-4H2,1H3. The van der Waals surface area contributed by atoms with Crippen LogP contribution in [-0.4, -0.2) is 4.98 Å². The molecule has 0 amide bonds. The zero-order valence-electron chi connectivity index (χ0n) is 6.88. The lowest BCUT2D eigenvalue weighted by molar-refractivity contribution is 1.00. The van der Waals surface area contributed by atoms with Gasteiger partial charge in [-0.3, -0.25) is 4.98 Å². The molecule has 1 heterocycles. The molecule has 1 aromatic heterocycles. The molecule has 0 N–H and O–H groups in total. The molecule has 0 radical (unpaired) electrons. The first-order valence-corrected chi connectivity index (χ1v) is 4.35. The van der Waals surface area contributed by atoms with E-state index in [1.54, 1.807) is 0 Å². The Morgan fingerprint density at radius 1 is 1.55 bits per heavy atom. The highest BCUT2D eigenvalue weighted by Crippen LogP contribution is 2.39. The van der Waals surface area contributed by atoms with Gasteiger partial charge >= 0.3 is 0 Å². The Morgan fingerprint density at radius 2 is 2.36 bits per heavy atom. The van der Waals surface area contributed by atoms with Crippen LogP contribution >= 0.6 is 0 Å². The van der Waals surface area contributed by atoms with E-state index in [1.165, 1.54) is 24.1 Å². The molecular weight excluding hydrogens is 134 g/mol. The maximum Gasteiger partial charge on any atom is 0.0403 e. The van der Waals surface area contributed by atoms with Crippen LogP contribution in [0.25, 0.3) is 0 Å². The second kappa shape index (κ2) is 2.65. The van der Waals surface area contributed by atoms with Crippen molar-refractivity contribution in [1.82, 2.24) is 4.98 Å². The van der Waals surface area contributed by atoms with Crippen molar-refractivity contribution in [3.63, 3.8) is 0 Å². The molecule has 1 aliphatic carbocycles. The Kier molecular flexibility index (Phi) is 1.65. The maximum atomic E-state index is 4.27. The van der Waals surface area contributed by atoms with E-state index in [1.807, 2.05) is 6.20 Å². The van der Waals surface area contributed by atoms with Crippen molar-refractivity contribution >= 4 is 0 Å². The first kappa shape index (κ1) is 6.84. The molecule has 1 heteroatoms. The van der Waals surface area contributed by atoms with Crippen LogP contribution in [0, 0.1) is 0 Å². The van der Waals surface area contributed by atoms with E-state index in [2.05, 4.69) is 24.0 Å². The number of hydrogen-bond donors (Lipinski definition) is 0. The summed E-state index contributed by atoms with van der Waals surface area (Å²) in [6.45, 7) is 2.15.